The van der Waals surface area contributed by atoms with Crippen molar-refractivity contribution in [2.75, 3.05) is 19.6 Å². The second-order valence-corrected chi connectivity index (χ2v) is 7.89. The summed E-state index contributed by atoms with van der Waals surface area (Å²) in [4.78, 5) is 12.9. The zero-order chi connectivity index (χ0) is 17.9. The molecule has 1 aliphatic rings. The Hall–Kier alpha value is -0.770. The molecule has 0 saturated carbocycles. The second kappa shape index (κ2) is 8.07. The van der Waals surface area contributed by atoms with Crippen LogP contribution in [0.1, 0.15) is 19.8 Å². The van der Waals surface area contributed by atoms with Gasteiger partial charge in [-0.05, 0) is 30.7 Å². The highest BCUT2D eigenvalue weighted by Gasteiger charge is 2.46. The average molecular weight is 427 g/mol. The van der Waals surface area contributed by atoms with E-state index in [1.54, 1.807) is 28.6 Å². The van der Waals surface area contributed by atoms with Gasteiger partial charge in [0.15, 0.2) is 4.90 Å². The molecule has 1 heterocycles. The maximum absolute atomic E-state index is 12.8. The Bertz CT molecular complexity index is 571. The lowest BCUT2D eigenvalue weighted by atomic mass is 10.1. The van der Waals surface area contributed by atoms with Gasteiger partial charge in [-0.2, -0.15) is 13.2 Å². The molecular formula is C15H18BrF3N2O2S. The van der Waals surface area contributed by atoms with Crippen LogP contribution in [0.2, 0.25) is 0 Å². The van der Waals surface area contributed by atoms with E-state index in [2.05, 4.69) is 15.9 Å². The van der Waals surface area contributed by atoms with Crippen molar-refractivity contribution in [3.63, 3.8) is 0 Å². The van der Waals surface area contributed by atoms with Gasteiger partial charge in [0.2, 0.25) is 0 Å². The molecule has 9 heteroatoms. The number of hydrogen-bond donors (Lipinski definition) is 0. The summed E-state index contributed by atoms with van der Waals surface area (Å²) in [7, 11) is 0. The molecule has 2 unspecified atom stereocenters. The van der Waals surface area contributed by atoms with Crippen LogP contribution in [0, 0.1) is 0 Å². The van der Waals surface area contributed by atoms with E-state index in [0.29, 0.717) is 11.3 Å². The minimum Gasteiger partial charge on any atom is -0.593 e. The average Bonchev–Trinajstić information content (AvgIpc) is 2.53. The van der Waals surface area contributed by atoms with E-state index in [9.17, 15) is 22.5 Å². The predicted molar refractivity (Wildman–Crippen MR) is 88.6 cm³/mol. The Kier molecular flexibility index (Phi) is 6.58. The van der Waals surface area contributed by atoms with Crippen LogP contribution in [0.3, 0.4) is 0 Å². The first-order valence-electron chi connectivity index (χ1n) is 7.54. The molecule has 1 fully saturated rings. The Morgan fingerprint density at radius 1 is 1.33 bits per heavy atom. The van der Waals surface area contributed by atoms with Gasteiger partial charge in [0, 0.05) is 17.6 Å². The molecule has 0 aliphatic carbocycles. The molecule has 1 aliphatic heterocycles. The first kappa shape index (κ1) is 19.6. The molecular weight excluding hydrogens is 409 g/mol. The Morgan fingerprint density at radius 3 is 2.50 bits per heavy atom. The number of alkyl halides is 3. The van der Waals surface area contributed by atoms with E-state index in [1.165, 1.54) is 0 Å². The quantitative estimate of drug-likeness (QED) is 0.693. The minimum absolute atomic E-state index is 0.0611. The number of halogens is 4. The lowest BCUT2D eigenvalue weighted by Crippen LogP contribution is -2.58. The van der Waals surface area contributed by atoms with Gasteiger partial charge in [-0.15, -0.1) is 4.31 Å². The number of piperazine rings is 1. The van der Waals surface area contributed by atoms with Crippen molar-refractivity contribution in [2.24, 2.45) is 0 Å². The Labute approximate surface area is 150 Å². The lowest BCUT2D eigenvalue weighted by Gasteiger charge is -2.40. The van der Waals surface area contributed by atoms with Crippen molar-refractivity contribution in [1.29, 1.82) is 0 Å². The van der Waals surface area contributed by atoms with E-state index in [1.807, 2.05) is 6.92 Å². The molecule has 0 radical (unpaired) electrons. The van der Waals surface area contributed by atoms with Crippen LogP contribution < -0.4 is 0 Å². The third kappa shape index (κ3) is 4.65. The number of nitrogens with zero attached hydrogens (tertiary/aromatic N) is 2. The van der Waals surface area contributed by atoms with Gasteiger partial charge < -0.3 is 9.45 Å². The molecule has 2 atom stereocenters. The highest BCUT2D eigenvalue weighted by molar-refractivity contribution is 9.10. The summed E-state index contributed by atoms with van der Waals surface area (Å²) in [5, 5.41) is 0. The zero-order valence-corrected chi connectivity index (χ0v) is 15.5. The van der Waals surface area contributed by atoms with Crippen LogP contribution >= 0.6 is 15.9 Å². The van der Waals surface area contributed by atoms with Gasteiger partial charge in [-0.25, -0.2) is 0 Å². The minimum atomic E-state index is -4.87. The summed E-state index contributed by atoms with van der Waals surface area (Å²) >= 11 is 1.84. The summed E-state index contributed by atoms with van der Waals surface area (Å²) in [5.74, 6) is -1.82. The summed E-state index contributed by atoms with van der Waals surface area (Å²) < 4.78 is 53.2. The first-order chi connectivity index (χ1) is 11.2. The molecule has 2 rings (SSSR count). The van der Waals surface area contributed by atoms with Crippen LogP contribution in [-0.2, 0) is 16.2 Å². The van der Waals surface area contributed by atoms with Crippen LogP contribution in [0.25, 0.3) is 0 Å². The SMILES string of the molecule is CCCC1CN(C(=O)C(F)(F)F)CCN1[S+]([O-])c1ccc(Br)cc1. The summed E-state index contributed by atoms with van der Waals surface area (Å²) in [6, 6.07) is 6.61. The van der Waals surface area contributed by atoms with E-state index in [-0.39, 0.29) is 25.7 Å². The highest BCUT2D eigenvalue weighted by Crippen LogP contribution is 2.27. The fraction of sp³-hybridized carbons (Fsp3) is 0.533. The highest BCUT2D eigenvalue weighted by atomic mass is 79.9. The molecule has 0 spiro atoms. The molecule has 0 N–H and O–H groups in total. The van der Waals surface area contributed by atoms with Gasteiger partial charge in [0.05, 0.1) is 23.9 Å². The van der Waals surface area contributed by atoms with Gasteiger partial charge in [-0.1, -0.05) is 29.3 Å². The van der Waals surface area contributed by atoms with Crippen molar-refractivity contribution in [3.05, 3.63) is 28.7 Å². The number of rotatable bonds is 4. The maximum Gasteiger partial charge on any atom is 0.471 e. The lowest BCUT2D eigenvalue weighted by molar-refractivity contribution is -0.187. The van der Waals surface area contributed by atoms with E-state index in [4.69, 9.17) is 0 Å². The van der Waals surface area contributed by atoms with E-state index < -0.39 is 23.4 Å². The van der Waals surface area contributed by atoms with Crippen molar-refractivity contribution in [1.82, 2.24) is 9.21 Å². The first-order valence-corrected chi connectivity index (χ1v) is 9.44. The molecule has 1 aromatic rings. The largest absolute Gasteiger partial charge is 0.593 e. The fourth-order valence-electron chi connectivity index (χ4n) is 2.68. The van der Waals surface area contributed by atoms with Crippen molar-refractivity contribution in [3.8, 4) is 0 Å². The van der Waals surface area contributed by atoms with Gasteiger partial charge in [0.25, 0.3) is 0 Å². The summed E-state index contributed by atoms with van der Waals surface area (Å²) in [6.45, 7) is 1.91. The molecule has 1 amide bonds. The van der Waals surface area contributed by atoms with Crippen molar-refractivity contribution < 1.29 is 22.5 Å². The fourth-order valence-corrected chi connectivity index (χ4v) is 4.27. The number of carbonyl (C=O) groups is 1. The van der Waals surface area contributed by atoms with Crippen LogP contribution in [0.15, 0.2) is 33.6 Å². The zero-order valence-electron chi connectivity index (χ0n) is 13.1. The molecule has 0 bridgehead atoms. The Morgan fingerprint density at radius 2 is 1.96 bits per heavy atom. The third-order valence-electron chi connectivity index (χ3n) is 3.81. The van der Waals surface area contributed by atoms with Crippen molar-refractivity contribution >= 4 is 33.2 Å². The molecule has 1 aromatic carbocycles. The number of hydrogen-bond acceptors (Lipinski definition) is 3. The van der Waals surface area contributed by atoms with Crippen LogP contribution in [-0.4, -0.2) is 51.5 Å². The smallest absolute Gasteiger partial charge is 0.471 e. The second-order valence-electron chi connectivity index (χ2n) is 5.54. The molecule has 134 valence electrons. The number of carbonyl (C=O) groups excluding carboxylic acids is 1. The van der Waals surface area contributed by atoms with E-state index in [0.717, 1.165) is 15.8 Å². The number of benzene rings is 1. The van der Waals surface area contributed by atoms with Crippen molar-refractivity contribution in [2.45, 2.75) is 36.9 Å². The predicted octanol–water partition coefficient (Wildman–Crippen LogP) is 3.35. The topological polar surface area (TPSA) is 46.6 Å². The van der Waals surface area contributed by atoms with Gasteiger partial charge in [-0.3, -0.25) is 4.79 Å². The summed E-state index contributed by atoms with van der Waals surface area (Å²) in [6.07, 6.45) is -3.57. The molecule has 4 nitrogen and oxygen atoms in total. The number of amides is 1. The standard InChI is InChI=1S/C15H18BrF3N2O2S/c1-2-3-12-10-20(14(22)15(17,18)19)8-9-21(12)24(23)13-6-4-11(16)5-7-13/h4-7,12H,2-3,8-10H2,1H3. The summed E-state index contributed by atoms with van der Waals surface area (Å²) in [5.41, 5.74) is 0. The van der Waals surface area contributed by atoms with E-state index >= 15 is 0 Å². The molecule has 24 heavy (non-hydrogen) atoms. The third-order valence-corrected chi connectivity index (χ3v) is 5.92. The maximum atomic E-state index is 12.8. The van der Waals surface area contributed by atoms with Crippen LogP contribution in [0.4, 0.5) is 13.2 Å². The molecule has 0 aromatic heterocycles. The molecule has 1 saturated heterocycles. The monoisotopic (exact) mass is 426 g/mol. The van der Waals surface area contributed by atoms with Gasteiger partial charge in [0.1, 0.15) is 0 Å². The van der Waals surface area contributed by atoms with Crippen LogP contribution in [0.5, 0.6) is 0 Å². The normalized spacial score (nSPS) is 20.9. The Balaban J connectivity index is 2.13. The van der Waals surface area contributed by atoms with Gasteiger partial charge >= 0.3 is 12.1 Å².